The van der Waals surface area contributed by atoms with E-state index in [1.54, 1.807) is 12.5 Å². The van der Waals surface area contributed by atoms with E-state index in [1.807, 2.05) is 18.7 Å². The first-order chi connectivity index (χ1) is 8.13. The molecule has 0 atom stereocenters. The summed E-state index contributed by atoms with van der Waals surface area (Å²) in [6.07, 6.45) is 3.60. The molecule has 90 valence electrons. The summed E-state index contributed by atoms with van der Waals surface area (Å²) in [4.78, 5) is 6.24. The molecule has 1 aromatic carbocycles. The third kappa shape index (κ3) is 2.17. The third-order valence-electron chi connectivity index (χ3n) is 2.88. The van der Waals surface area contributed by atoms with Gasteiger partial charge < -0.3 is 15.2 Å². The molecule has 2 aromatic rings. The molecule has 4 heteroatoms. The Morgan fingerprint density at radius 2 is 2.12 bits per heavy atom. The van der Waals surface area contributed by atoms with Gasteiger partial charge in [-0.2, -0.15) is 0 Å². The zero-order chi connectivity index (χ0) is 12.4. The van der Waals surface area contributed by atoms with Crippen LogP contribution in [-0.4, -0.2) is 23.6 Å². The van der Waals surface area contributed by atoms with E-state index in [0.717, 1.165) is 11.4 Å². The lowest BCUT2D eigenvalue weighted by Gasteiger charge is -2.17. The van der Waals surface area contributed by atoms with Gasteiger partial charge in [-0.25, -0.2) is 4.98 Å². The van der Waals surface area contributed by atoms with Crippen molar-refractivity contribution in [1.82, 2.24) is 9.55 Å². The Balaban J connectivity index is 2.50. The van der Waals surface area contributed by atoms with Crippen LogP contribution in [0.2, 0.25) is 0 Å². The van der Waals surface area contributed by atoms with E-state index >= 15 is 0 Å². The van der Waals surface area contributed by atoms with Crippen LogP contribution in [0, 0.1) is 6.92 Å². The van der Waals surface area contributed by atoms with Crippen LogP contribution < -0.4 is 10.6 Å². The lowest BCUT2D eigenvalue weighted by atomic mass is 10.1. The molecule has 17 heavy (non-hydrogen) atoms. The SMILES string of the molecule is Cc1ccc(-n2cncc2CN)cc1N(C)C. The van der Waals surface area contributed by atoms with Crippen molar-refractivity contribution in [1.29, 1.82) is 0 Å². The van der Waals surface area contributed by atoms with E-state index < -0.39 is 0 Å². The average Bonchev–Trinajstić information content (AvgIpc) is 2.77. The first-order valence-corrected chi connectivity index (χ1v) is 5.63. The molecule has 4 nitrogen and oxygen atoms in total. The van der Waals surface area contributed by atoms with Gasteiger partial charge in [-0.15, -0.1) is 0 Å². The molecule has 0 saturated carbocycles. The minimum Gasteiger partial charge on any atom is -0.377 e. The van der Waals surface area contributed by atoms with E-state index in [-0.39, 0.29) is 0 Å². The Kier molecular flexibility index (Phi) is 3.15. The maximum atomic E-state index is 5.69. The highest BCUT2D eigenvalue weighted by Gasteiger charge is 2.06. The minimum absolute atomic E-state index is 0.491. The second kappa shape index (κ2) is 4.59. The van der Waals surface area contributed by atoms with Crippen molar-refractivity contribution >= 4 is 5.69 Å². The predicted molar refractivity (Wildman–Crippen MR) is 70.5 cm³/mol. The van der Waals surface area contributed by atoms with E-state index in [4.69, 9.17) is 5.73 Å². The Morgan fingerprint density at radius 1 is 1.35 bits per heavy atom. The molecule has 2 N–H and O–H groups in total. The first kappa shape index (κ1) is 11.7. The van der Waals surface area contributed by atoms with Crippen LogP contribution in [0.3, 0.4) is 0 Å². The molecule has 2 rings (SSSR count). The fourth-order valence-corrected chi connectivity index (χ4v) is 1.94. The quantitative estimate of drug-likeness (QED) is 0.873. The lowest BCUT2D eigenvalue weighted by molar-refractivity contribution is 0.908. The Labute approximate surface area is 102 Å². The van der Waals surface area contributed by atoms with Crippen LogP contribution in [0.4, 0.5) is 5.69 Å². The number of anilines is 1. The average molecular weight is 230 g/mol. The van der Waals surface area contributed by atoms with Gasteiger partial charge in [0.2, 0.25) is 0 Å². The summed E-state index contributed by atoms with van der Waals surface area (Å²) < 4.78 is 2.02. The summed E-state index contributed by atoms with van der Waals surface area (Å²) in [7, 11) is 4.09. The molecular weight excluding hydrogens is 212 g/mol. The van der Waals surface area contributed by atoms with E-state index in [2.05, 4.69) is 35.0 Å². The molecule has 1 aromatic heterocycles. The number of benzene rings is 1. The van der Waals surface area contributed by atoms with E-state index in [1.165, 1.54) is 11.3 Å². The second-order valence-electron chi connectivity index (χ2n) is 4.32. The van der Waals surface area contributed by atoms with Gasteiger partial charge in [0.15, 0.2) is 0 Å². The van der Waals surface area contributed by atoms with Gasteiger partial charge in [-0.1, -0.05) is 6.07 Å². The Morgan fingerprint density at radius 3 is 2.76 bits per heavy atom. The van der Waals surface area contributed by atoms with Crippen molar-refractivity contribution in [3.8, 4) is 5.69 Å². The smallest absolute Gasteiger partial charge is 0.0994 e. The highest BCUT2D eigenvalue weighted by atomic mass is 15.1. The molecule has 0 saturated heterocycles. The van der Waals surface area contributed by atoms with Gasteiger partial charge in [-0.05, 0) is 24.6 Å². The maximum absolute atomic E-state index is 5.69. The highest BCUT2D eigenvalue weighted by molar-refractivity contribution is 5.58. The number of hydrogen-bond acceptors (Lipinski definition) is 3. The van der Waals surface area contributed by atoms with Gasteiger partial charge in [0, 0.05) is 38.2 Å². The van der Waals surface area contributed by atoms with Crippen LogP contribution in [0.15, 0.2) is 30.7 Å². The van der Waals surface area contributed by atoms with Crippen molar-refractivity contribution in [3.63, 3.8) is 0 Å². The fourth-order valence-electron chi connectivity index (χ4n) is 1.94. The summed E-state index contributed by atoms with van der Waals surface area (Å²) in [6.45, 7) is 2.60. The van der Waals surface area contributed by atoms with Crippen LogP contribution in [0.5, 0.6) is 0 Å². The molecule has 0 radical (unpaired) electrons. The Hall–Kier alpha value is -1.81. The predicted octanol–water partition coefficient (Wildman–Crippen LogP) is 1.71. The third-order valence-corrected chi connectivity index (χ3v) is 2.88. The maximum Gasteiger partial charge on any atom is 0.0994 e. The second-order valence-corrected chi connectivity index (χ2v) is 4.32. The molecule has 0 fully saturated rings. The van der Waals surface area contributed by atoms with Gasteiger partial charge in [-0.3, -0.25) is 0 Å². The molecule has 0 amide bonds. The fraction of sp³-hybridized carbons (Fsp3) is 0.308. The van der Waals surface area contributed by atoms with Gasteiger partial charge in [0.1, 0.15) is 0 Å². The van der Waals surface area contributed by atoms with Gasteiger partial charge >= 0.3 is 0 Å². The number of rotatable bonds is 3. The molecule has 0 spiro atoms. The highest BCUT2D eigenvalue weighted by Crippen LogP contribution is 2.22. The molecular formula is C13H18N4. The van der Waals surface area contributed by atoms with Gasteiger partial charge in [0.05, 0.1) is 12.0 Å². The minimum atomic E-state index is 0.491. The topological polar surface area (TPSA) is 47.1 Å². The summed E-state index contributed by atoms with van der Waals surface area (Å²) in [6, 6.07) is 6.35. The van der Waals surface area contributed by atoms with Crippen LogP contribution in [0.1, 0.15) is 11.3 Å². The van der Waals surface area contributed by atoms with Crippen molar-refractivity contribution in [2.75, 3.05) is 19.0 Å². The summed E-state index contributed by atoms with van der Waals surface area (Å²) in [5, 5.41) is 0. The van der Waals surface area contributed by atoms with Crippen molar-refractivity contribution in [3.05, 3.63) is 42.0 Å². The molecule has 1 heterocycles. The summed E-state index contributed by atoms with van der Waals surface area (Å²) in [5.74, 6) is 0. The summed E-state index contributed by atoms with van der Waals surface area (Å²) >= 11 is 0. The number of nitrogens with two attached hydrogens (primary N) is 1. The van der Waals surface area contributed by atoms with Crippen LogP contribution in [-0.2, 0) is 6.54 Å². The largest absolute Gasteiger partial charge is 0.377 e. The van der Waals surface area contributed by atoms with Crippen molar-refractivity contribution in [2.45, 2.75) is 13.5 Å². The van der Waals surface area contributed by atoms with E-state index in [0.29, 0.717) is 6.54 Å². The zero-order valence-corrected chi connectivity index (χ0v) is 10.5. The molecule has 0 aliphatic carbocycles. The van der Waals surface area contributed by atoms with Gasteiger partial charge in [0.25, 0.3) is 0 Å². The first-order valence-electron chi connectivity index (χ1n) is 5.63. The molecule has 0 aliphatic rings. The summed E-state index contributed by atoms with van der Waals surface area (Å²) in [5.41, 5.74) is 10.3. The van der Waals surface area contributed by atoms with Crippen molar-refractivity contribution < 1.29 is 0 Å². The molecule has 0 unspecified atom stereocenters. The lowest BCUT2D eigenvalue weighted by Crippen LogP contribution is -2.11. The van der Waals surface area contributed by atoms with Crippen molar-refractivity contribution in [2.24, 2.45) is 5.73 Å². The van der Waals surface area contributed by atoms with Crippen LogP contribution >= 0.6 is 0 Å². The van der Waals surface area contributed by atoms with E-state index in [9.17, 15) is 0 Å². The zero-order valence-electron chi connectivity index (χ0n) is 10.5. The van der Waals surface area contributed by atoms with Crippen LogP contribution in [0.25, 0.3) is 5.69 Å². The normalized spacial score (nSPS) is 10.6. The molecule has 0 bridgehead atoms. The number of hydrogen-bond donors (Lipinski definition) is 1. The molecule has 0 aliphatic heterocycles. The number of aromatic nitrogens is 2. The Bertz CT molecular complexity index is 514. The monoisotopic (exact) mass is 230 g/mol. The number of nitrogens with zero attached hydrogens (tertiary/aromatic N) is 3. The number of aryl methyl sites for hydroxylation is 1. The standard InChI is InChI=1S/C13H18N4/c1-10-4-5-11(6-13(10)16(2)3)17-9-15-8-12(17)7-14/h4-6,8-9H,7,14H2,1-3H3. The number of imidazole rings is 1.